The quantitative estimate of drug-likeness (QED) is 0.183. The zero-order valence-corrected chi connectivity index (χ0v) is 30.8. The first kappa shape index (κ1) is 37.4. The number of nitrogens with zero attached hydrogens (tertiary/aromatic N) is 2. The van der Waals surface area contributed by atoms with Crippen LogP contribution in [0.2, 0.25) is 0 Å². The van der Waals surface area contributed by atoms with E-state index in [1.165, 1.54) is 54.7 Å². The van der Waals surface area contributed by atoms with Gasteiger partial charge < -0.3 is 9.13 Å². The molecule has 2 aromatic heterocycles. The Labute approximate surface area is 289 Å². The Morgan fingerprint density at radius 3 is 0.854 bits per heavy atom. The van der Waals surface area contributed by atoms with Crippen molar-refractivity contribution in [3.05, 3.63) is 146 Å². The van der Waals surface area contributed by atoms with Crippen molar-refractivity contribution in [1.82, 2.24) is 9.13 Å². The fourth-order valence-corrected chi connectivity index (χ4v) is 6.05. The molecule has 0 atom stereocenters. The molecule has 0 fully saturated rings. The van der Waals surface area contributed by atoms with Crippen LogP contribution in [0.25, 0.3) is 66.1 Å². The Morgan fingerprint density at radius 2 is 0.542 bits per heavy atom. The normalized spacial score (nSPS) is 9.88. The minimum atomic E-state index is 1.15. The average Bonchev–Trinajstić information content (AvgIpc) is 3.72. The van der Waals surface area contributed by atoms with Crippen molar-refractivity contribution in [3.63, 3.8) is 0 Å². The molecule has 0 radical (unpaired) electrons. The Bertz CT molecular complexity index is 1890. The highest BCUT2D eigenvalue weighted by Crippen LogP contribution is 2.37. The summed E-state index contributed by atoms with van der Waals surface area (Å²) in [5.41, 5.74) is 9.57. The van der Waals surface area contributed by atoms with Crippen molar-refractivity contribution in [3.8, 4) is 22.5 Å². The molecule has 6 aromatic carbocycles. The highest BCUT2D eigenvalue weighted by Gasteiger charge is 2.16. The highest BCUT2D eigenvalue weighted by atomic mass is 15.0. The molecule has 2 heterocycles. The van der Waals surface area contributed by atoms with Gasteiger partial charge in [-0.1, -0.05) is 172 Å². The molecule has 0 spiro atoms. The average molecular weight is 635 g/mol. The SMILES string of the molecule is CC.CC.CC.CC.CC.c1ccc(-c2cc(-n3c4ccccc4c4ccccc43)cc(-n3c4ccccc4c4ccccc43)c2)cc1. The van der Waals surface area contributed by atoms with Gasteiger partial charge in [0.05, 0.1) is 22.1 Å². The van der Waals surface area contributed by atoms with Gasteiger partial charge in [0.15, 0.2) is 0 Å². The number of aromatic nitrogens is 2. The Kier molecular flexibility index (Phi) is 14.7. The summed E-state index contributed by atoms with van der Waals surface area (Å²) in [5, 5.41) is 5.08. The van der Waals surface area contributed by atoms with Gasteiger partial charge in [-0.3, -0.25) is 0 Å². The third-order valence-electron chi connectivity index (χ3n) is 7.69. The van der Waals surface area contributed by atoms with Crippen molar-refractivity contribution in [1.29, 1.82) is 0 Å². The number of fused-ring (bicyclic) bond motifs is 6. The maximum atomic E-state index is 2.41. The first-order valence-electron chi connectivity index (χ1n) is 18.0. The number of hydrogen-bond acceptors (Lipinski definition) is 0. The fourth-order valence-electron chi connectivity index (χ4n) is 6.05. The lowest BCUT2D eigenvalue weighted by atomic mass is 10.0. The molecule has 0 saturated carbocycles. The summed E-state index contributed by atoms with van der Waals surface area (Å²) in [4.78, 5) is 0. The lowest BCUT2D eigenvalue weighted by molar-refractivity contribution is 1.13. The zero-order valence-electron chi connectivity index (χ0n) is 30.8. The van der Waals surface area contributed by atoms with Crippen LogP contribution in [0.1, 0.15) is 69.2 Å². The molecule has 2 nitrogen and oxygen atoms in total. The van der Waals surface area contributed by atoms with E-state index in [-0.39, 0.29) is 0 Å². The van der Waals surface area contributed by atoms with Crippen molar-refractivity contribution in [2.24, 2.45) is 0 Å². The molecule has 0 bridgehead atoms. The summed E-state index contributed by atoms with van der Waals surface area (Å²) < 4.78 is 4.82. The molecule has 0 N–H and O–H groups in total. The summed E-state index contributed by atoms with van der Waals surface area (Å²) in [7, 11) is 0. The fraction of sp³-hybridized carbons (Fsp3) is 0.217. The summed E-state index contributed by atoms with van der Waals surface area (Å²) in [6.45, 7) is 20.0. The van der Waals surface area contributed by atoms with E-state index in [9.17, 15) is 0 Å². The second-order valence-electron chi connectivity index (χ2n) is 9.84. The molecule has 0 aliphatic rings. The van der Waals surface area contributed by atoms with E-state index < -0.39 is 0 Å². The van der Waals surface area contributed by atoms with E-state index in [0.717, 1.165) is 11.4 Å². The molecule has 248 valence electrons. The van der Waals surface area contributed by atoms with Gasteiger partial charge in [0.25, 0.3) is 0 Å². The molecular formula is C46H54N2. The maximum Gasteiger partial charge on any atom is 0.0541 e. The van der Waals surface area contributed by atoms with Gasteiger partial charge in [0.2, 0.25) is 0 Å². The Hall–Kier alpha value is -5.08. The van der Waals surface area contributed by atoms with Crippen molar-refractivity contribution >= 4 is 43.6 Å². The summed E-state index contributed by atoms with van der Waals surface area (Å²) in [6, 6.07) is 52.5. The van der Waals surface area contributed by atoms with E-state index in [4.69, 9.17) is 0 Å². The van der Waals surface area contributed by atoms with Crippen LogP contribution in [-0.4, -0.2) is 9.13 Å². The zero-order chi connectivity index (χ0) is 35.1. The number of rotatable bonds is 3. The van der Waals surface area contributed by atoms with Crippen LogP contribution < -0.4 is 0 Å². The van der Waals surface area contributed by atoms with E-state index in [1.54, 1.807) is 0 Å². The van der Waals surface area contributed by atoms with Crippen LogP contribution >= 0.6 is 0 Å². The standard InChI is InChI=1S/C36H24N2.5C2H6/c1-2-12-25(13-3-1)26-22-27(37-33-18-8-4-14-29(33)30-15-5-9-19-34(30)37)24-28(23-26)38-35-20-10-6-16-31(35)32-17-7-11-21-36(32)38;5*1-2/h1-24H;5*1-2H3. The van der Waals surface area contributed by atoms with Crippen LogP contribution in [0, 0.1) is 0 Å². The van der Waals surface area contributed by atoms with Gasteiger partial charge in [-0.15, -0.1) is 0 Å². The third kappa shape index (κ3) is 7.24. The molecule has 0 unspecified atom stereocenters. The minimum Gasteiger partial charge on any atom is -0.309 e. The van der Waals surface area contributed by atoms with Gasteiger partial charge in [-0.05, 0) is 53.6 Å². The predicted molar refractivity (Wildman–Crippen MR) is 217 cm³/mol. The number of para-hydroxylation sites is 4. The van der Waals surface area contributed by atoms with Gasteiger partial charge in [-0.25, -0.2) is 0 Å². The number of benzene rings is 6. The summed E-state index contributed by atoms with van der Waals surface area (Å²) in [5.74, 6) is 0. The molecule has 8 aromatic rings. The Balaban J connectivity index is 0.000000576. The van der Waals surface area contributed by atoms with E-state index in [1.807, 2.05) is 69.2 Å². The van der Waals surface area contributed by atoms with E-state index in [2.05, 4.69) is 155 Å². The maximum absolute atomic E-state index is 2.41. The van der Waals surface area contributed by atoms with Crippen LogP contribution in [0.4, 0.5) is 0 Å². The predicted octanol–water partition coefficient (Wildman–Crippen LogP) is 14.7. The number of hydrogen-bond donors (Lipinski definition) is 0. The largest absolute Gasteiger partial charge is 0.309 e. The molecule has 0 aliphatic carbocycles. The molecule has 48 heavy (non-hydrogen) atoms. The molecule has 8 rings (SSSR count). The summed E-state index contributed by atoms with van der Waals surface area (Å²) in [6.07, 6.45) is 0. The van der Waals surface area contributed by atoms with Crippen LogP contribution in [0.3, 0.4) is 0 Å². The summed E-state index contributed by atoms with van der Waals surface area (Å²) >= 11 is 0. The first-order valence-corrected chi connectivity index (χ1v) is 18.0. The van der Waals surface area contributed by atoms with Crippen molar-refractivity contribution < 1.29 is 0 Å². The van der Waals surface area contributed by atoms with Gasteiger partial charge in [-0.2, -0.15) is 0 Å². The lowest BCUT2D eigenvalue weighted by Crippen LogP contribution is -2.00. The van der Waals surface area contributed by atoms with E-state index >= 15 is 0 Å². The second-order valence-corrected chi connectivity index (χ2v) is 9.84. The highest BCUT2D eigenvalue weighted by molar-refractivity contribution is 6.10. The molecule has 0 amide bonds. The van der Waals surface area contributed by atoms with E-state index in [0.29, 0.717) is 0 Å². The van der Waals surface area contributed by atoms with Crippen molar-refractivity contribution in [2.45, 2.75) is 69.2 Å². The van der Waals surface area contributed by atoms with Gasteiger partial charge >= 0.3 is 0 Å². The van der Waals surface area contributed by atoms with Crippen LogP contribution in [0.5, 0.6) is 0 Å². The molecule has 0 saturated heterocycles. The molecule has 0 aliphatic heterocycles. The monoisotopic (exact) mass is 634 g/mol. The van der Waals surface area contributed by atoms with Crippen molar-refractivity contribution in [2.75, 3.05) is 0 Å². The third-order valence-corrected chi connectivity index (χ3v) is 7.69. The molecule has 2 heteroatoms. The van der Waals surface area contributed by atoms with Crippen LogP contribution in [-0.2, 0) is 0 Å². The van der Waals surface area contributed by atoms with Gasteiger partial charge in [0.1, 0.15) is 0 Å². The smallest absolute Gasteiger partial charge is 0.0541 e. The lowest BCUT2D eigenvalue weighted by Gasteiger charge is -2.16. The Morgan fingerprint density at radius 1 is 0.271 bits per heavy atom. The molecular weight excluding hydrogens is 581 g/mol. The second kappa shape index (κ2) is 18.9. The first-order chi connectivity index (χ1) is 23.9. The minimum absolute atomic E-state index is 1.15. The van der Waals surface area contributed by atoms with Gasteiger partial charge in [0, 0.05) is 32.9 Å². The topological polar surface area (TPSA) is 9.86 Å². The van der Waals surface area contributed by atoms with Crippen LogP contribution in [0.15, 0.2) is 146 Å².